The van der Waals surface area contributed by atoms with Crippen molar-refractivity contribution in [2.45, 2.75) is 6.36 Å². The summed E-state index contributed by atoms with van der Waals surface area (Å²) in [6, 6.07) is 7.87. The molecule has 3 aromatic heterocycles. The number of aromatic nitrogens is 4. The van der Waals surface area contributed by atoms with Crippen LogP contribution >= 0.6 is 11.3 Å². The SMILES string of the molecule is O=C(Nc1ccc(OC(F)(F)F)cc1)Nc1ncc(-c2ccc3cn[nH]c3n2)s1. The normalized spacial score (nSPS) is 11.4. The summed E-state index contributed by atoms with van der Waals surface area (Å²) >= 11 is 1.22. The van der Waals surface area contributed by atoms with Gasteiger partial charge in [0.05, 0.1) is 16.8 Å². The highest BCUT2D eigenvalue weighted by Crippen LogP contribution is 2.29. The molecule has 2 amide bonds. The third-order valence-corrected chi connectivity index (χ3v) is 4.56. The van der Waals surface area contributed by atoms with Crippen LogP contribution in [0, 0.1) is 0 Å². The van der Waals surface area contributed by atoms with E-state index in [1.54, 1.807) is 12.4 Å². The number of nitrogens with zero attached hydrogens (tertiary/aromatic N) is 3. The lowest BCUT2D eigenvalue weighted by molar-refractivity contribution is -0.274. The average molecular weight is 420 g/mol. The molecule has 0 radical (unpaired) electrons. The first-order chi connectivity index (χ1) is 13.9. The van der Waals surface area contributed by atoms with Gasteiger partial charge >= 0.3 is 12.4 Å². The van der Waals surface area contributed by atoms with E-state index < -0.39 is 12.4 Å². The molecule has 0 atom stereocenters. The minimum absolute atomic E-state index is 0.292. The van der Waals surface area contributed by atoms with Gasteiger partial charge in [0, 0.05) is 17.3 Å². The molecule has 0 aliphatic carbocycles. The van der Waals surface area contributed by atoms with Crippen molar-refractivity contribution in [1.82, 2.24) is 20.2 Å². The molecule has 148 valence electrons. The van der Waals surface area contributed by atoms with Gasteiger partial charge < -0.3 is 10.1 Å². The van der Waals surface area contributed by atoms with E-state index in [1.807, 2.05) is 12.1 Å². The average Bonchev–Trinajstić information content (AvgIpc) is 3.30. The number of ether oxygens (including phenoxy) is 1. The van der Waals surface area contributed by atoms with Gasteiger partial charge in [-0.05, 0) is 36.4 Å². The van der Waals surface area contributed by atoms with Crippen molar-refractivity contribution < 1.29 is 22.7 Å². The zero-order valence-corrected chi connectivity index (χ0v) is 15.1. The number of carbonyl (C=O) groups excluding carboxylic acids is 1. The fraction of sp³-hybridized carbons (Fsp3) is 0.0588. The number of nitrogens with one attached hydrogen (secondary N) is 3. The van der Waals surface area contributed by atoms with Gasteiger partial charge in [0.1, 0.15) is 5.75 Å². The van der Waals surface area contributed by atoms with Crippen molar-refractivity contribution in [3.8, 4) is 16.3 Å². The molecule has 0 saturated heterocycles. The number of halogens is 3. The number of fused-ring (bicyclic) bond motifs is 1. The molecule has 0 bridgehead atoms. The minimum Gasteiger partial charge on any atom is -0.406 e. The molecule has 4 rings (SSSR count). The van der Waals surface area contributed by atoms with Gasteiger partial charge in [0.15, 0.2) is 10.8 Å². The van der Waals surface area contributed by atoms with Crippen LogP contribution in [0.4, 0.5) is 28.8 Å². The Morgan fingerprint density at radius 2 is 1.86 bits per heavy atom. The molecule has 0 spiro atoms. The first-order valence-electron chi connectivity index (χ1n) is 8.06. The molecule has 4 aromatic rings. The van der Waals surface area contributed by atoms with Crippen LogP contribution in [0.5, 0.6) is 5.75 Å². The summed E-state index contributed by atoms with van der Waals surface area (Å²) in [6.45, 7) is 0. The van der Waals surface area contributed by atoms with Crippen molar-refractivity contribution >= 4 is 39.2 Å². The predicted octanol–water partition coefficient (Wildman–Crippen LogP) is 4.62. The highest BCUT2D eigenvalue weighted by atomic mass is 32.1. The molecule has 8 nitrogen and oxygen atoms in total. The molecule has 0 aliphatic rings. The topological polar surface area (TPSA) is 105 Å². The summed E-state index contributed by atoms with van der Waals surface area (Å²) < 4.78 is 40.3. The zero-order valence-electron chi connectivity index (χ0n) is 14.3. The molecule has 1 aromatic carbocycles. The van der Waals surface area contributed by atoms with Crippen LogP contribution in [0.2, 0.25) is 0 Å². The fourth-order valence-electron chi connectivity index (χ4n) is 2.41. The number of aromatic amines is 1. The fourth-order valence-corrected chi connectivity index (χ4v) is 3.19. The quantitative estimate of drug-likeness (QED) is 0.447. The first kappa shape index (κ1) is 18.7. The van der Waals surface area contributed by atoms with Gasteiger partial charge in [-0.15, -0.1) is 13.2 Å². The van der Waals surface area contributed by atoms with Crippen LogP contribution < -0.4 is 15.4 Å². The standard InChI is InChI=1S/C17H11F3N6O2S/c18-17(19,20)28-11-4-2-10(3-5-11)23-15(27)25-16-21-8-13(29-16)12-6-1-9-7-22-26-14(9)24-12/h1-8H,(H,22,24,26)(H2,21,23,25,27). The van der Waals surface area contributed by atoms with E-state index in [1.165, 1.54) is 23.5 Å². The summed E-state index contributed by atoms with van der Waals surface area (Å²) in [5.41, 5.74) is 1.61. The maximum atomic E-state index is 12.2. The molecule has 0 unspecified atom stereocenters. The summed E-state index contributed by atoms with van der Waals surface area (Å²) in [5, 5.41) is 13.0. The van der Waals surface area contributed by atoms with Gasteiger partial charge in [0.25, 0.3) is 0 Å². The molecular weight excluding hydrogens is 409 g/mol. The Labute approximate surface area is 164 Å². The maximum absolute atomic E-state index is 12.2. The molecule has 29 heavy (non-hydrogen) atoms. The number of thiazole rings is 1. The van der Waals surface area contributed by atoms with E-state index in [9.17, 15) is 18.0 Å². The highest BCUT2D eigenvalue weighted by Gasteiger charge is 2.30. The van der Waals surface area contributed by atoms with Crippen LogP contribution in [-0.4, -0.2) is 32.6 Å². The number of pyridine rings is 1. The molecule has 3 heterocycles. The second-order valence-electron chi connectivity index (χ2n) is 5.69. The summed E-state index contributed by atoms with van der Waals surface area (Å²) in [7, 11) is 0. The molecule has 12 heteroatoms. The Balaban J connectivity index is 1.39. The van der Waals surface area contributed by atoms with Crippen LogP contribution in [0.25, 0.3) is 21.6 Å². The van der Waals surface area contributed by atoms with Crippen LogP contribution in [0.1, 0.15) is 0 Å². The molecule has 3 N–H and O–H groups in total. The van der Waals surface area contributed by atoms with Crippen LogP contribution in [-0.2, 0) is 0 Å². The predicted molar refractivity (Wildman–Crippen MR) is 101 cm³/mol. The highest BCUT2D eigenvalue weighted by molar-refractivity contribution is 7.19. The van der Waals surface area contributed by atoms with E-state index in [0.717, 1.165) is 22.4 Å². The van der Waals surface area contributed by atoms with Gasteiger partial charge in [-0.2, -0.15) is 5.10 Å². The maximum Gasteiger partial charge on any atom is 0.573 e. The number of anilines is 2. The van der Waals surface area contributed by atoms with E-state index in [4.69, 9.17) is 0 Å². The number of hydrogen-bond acceptors (Lipinski definition) is 6. The van der Waals surface area contributed by atoms with E-state index in [0.29, 0.717) is 22.2 Å². The third-order valence-electron chi connectivity index (χ3n) is 3.62. The Hall–Kier alpha value is -3.67. The van der Waals surface area contributed by atoms with Crippen molar-refractivity contribution in [1.29, 1.82) is 0 Å². The largest absolute Gasteiger partial charge is 0.573 e. The minimum atomic E-state index is -4.77. The lowest BCUT2D eigenvalue weighted by Crippen LogP contribution is -2.19. The molecule has 0 aliphatic heterocycles. The summed E-state index contributed by atoms with van der Waals surface area (Å²) in [4.78, 5) is 21.4. The van der Waals surface area contributed by atoms with Gasteiger partial charge in [-0.25, -0.2) is 14.8 Å². The van der Waals surface area contributed by atoms with Crippen LogP contribution in [0.3, 0.4) is 0 Å². The smallest absolute Gasteiger partial charge is 0.406 e. The molecule has 0 fully saturated rings. The Morgan fingerprint density at radius 1 is 1.07 bits per heavy atom. The zero-order chi connectivity index (χ0) is 20.4. The number of H-pyrrole nitrogens is 1. The molecule has 0 saturated carbocycles. The van der Waals surface area contributed by atoms with E-state index in [2.05, 4.69) is 35.5 Å². The second kappa shape index (κ2) is 7.39. The Bertz CT molecular complexity index is 1160. The van der Waals surface area contributed by atoms with E-state index in [-0.39, 0.29) is 5.75 Å². The monoisotopic (exact) mass is 420 g/mol. The number of hydrogen-bond donors (Lipinski definition) is 3. The van der Waals surface area contributed by atoms with Crippen molar-refractivity contribution in [3.05, 3.63) is 48.8 Å². The van der Waals surface area contributed by atoms with Crippen molar-refractivity contribution in [2.24, 2.45) is 0 Å². The van der Waals surface area contributed by atoms with Crippen LogP contribution in [0.15, 0.2) is 48.8 Å². The van der Waals surface area contributed by atoms with Gasteiger partial charge in [-0.1, -0.05) is 11.3 Å². The van der Waals surface area contributed by atoms with Crippen molar-refractivity contribution in [2.75, 3.05) is 10.6 Å². The molecular formula is C17H11F3N6O2S. The number of rotatable bonds is 4. The van der Waals surface area contributed by atoms with Gasteiger partial charge in [-0.3, -0.25) is 10.4 Å². The second-order valence-corrected chi connectivity index (χ2v) is 6.72. The Kier molecular flexibility index (Phi) is 4.76. The van der Waals surface area contributed by atoms with Gasteiger partial charge in [0.2, 0.25) is 0 Å². The van der Waals surface area contributed by atoms with E-state index >= 15 is 0 Å². The first-order valence-corrected chi connectivity index (χ1v) is 8.87. The number of carbonyl (C=O) groups is 1. The number of alkyl halides is 3. The Morgan fingerprint density at radius 3 is 2.62 bits per heavy atom. The number of urea groups is 1. The lowest BCUT2D eigenvalue weighted by Gasteiger charge is -2.10. The summed E-state index contributed by atoms with van der Waals surface area (Å²) in [6.07, 6.45) is -1.53. The summed E-state index contributed by atoms with van der Waals surface area (Å²) in [5.74, 6) is -0.380. The third kappa shape index (κ3) is 4.60. The lowest BCUT2D eigenvalue weighted by atomic mass is 10.3. The van der Waals surface area contributed by atoms with Crippen molar-refractivity contribution in [3.63, 3.8) is 0 Å². The number of amides is 2. The number of benzene rings is 1.